The Kier molecular flexibility index (Phi) is 12.7. The average molecular weight is 336 g/mol. The Hall–Kier alpha value is -0.900. The van der Waals surface area contributed by atoms with Crippen LogP contribution < -0.4 is 0 Å². The number of aliphatic hydroxyl groups is 2. The maximum atomic E-state index is 9.28. The molecular weight excluding hydrogens is 298 g/mol. The summed E-state index contributed by atoms with van der Waals surface area (Å²) in [5, 5.41) is 18.6. The van der Waals surface area contributed by atoms with Crippen LogP contribution in [0.2, 0.25) is 0 Å². The van der Waals surface area contributed by atoms with Crippen molar-refractivity contribution in [1.82, 2.24) is 4.90 Å². The van der Waals surface area contributed by atoms with E-state index in [9.17, 15) is 10.2 Å². The second-order valence-corrected chi connectivity index (χ2v) is 6.88. The monoisotopic (exact) mass is 335 g/mol. The van der Waals surface area contributed by atoms with Gasteiger partial charge in [0.2, 0.25) is 0 Å². The van der Waals surface area contributed by atoms with E-state index in [0.717, 1.165) is 19.5 Å². The van der Waals surface area contributed by atoms with E-state index in [1.54, 1.807) is 0 Å². The van der Waals surface area contributed by atoms with Gasteiger partial charge < -0.3 is 10.2 Å². The molecule has 3 heteroatoms. The first-order chi connectivity index (χ1) is 11.7. The van der Waals surface area contributed by atoms with Crippen molar-refractivity contribution < 1.29 is 10.2 Å². The van der Waals surface area contributed by atoms with Gasteiger partial charge in [-0.2, -0.15) is 0 Å². The lowest BCUT2D eigenvalue weighted by atomic mass is 10.1. The minimum absolute atomic E-state index is 0.326. The lowest BCUT2D eigenvalue weighted by Crippen LogP contribution is -2.32. The molecule has 0 fully saturated rings. The van der Waals surface area contributed by atoms with E-state index < -0.39 is 6.29 Å². The van der Waals surface area contributed by atoms with Gasteiger partial charge in [0.1, 0.15) is 0 Å². The summed E-state index contributed by atoms with van der Waals surface area (Å²) in [5.74, 6) is 0. The van der Waals surface area contributed by atoms with Gasteiger partial charge >= 0.3 is 0 Å². The number of rotatable bonds is 15. The van der Waals surface area contributed by atoms with E-state index in [0.29, 0.717) is 6.54 Å². The van der Waals surface area contributed by atoms with Crippen LogP contribution in [-0.2, 0) is 6.54 Å². The van der Waals surface area contributed by atoms with Crippen LogP contribution in [0.4, 0.5) is 0 Å². The molecular formula is C21H37NO2. The minimum Gasteiger partial charge on any atom is -0.367 e. The number of hydrogen-bond acceptors (Lipinski definition) is 3. The van der Waals surface area contributed by atoms with Crippen LogP contribution in [0.3, 0.4) is 0 Å². The summed E-state index contributed by atoms with van der Waals surface area (Å²) >= 11 is 0. The SMILES string of the molecule is CCCCCCCCCCCCN(Cc1ccccc1)CC(O)O. The van der Waals surface area contributed by atoms with Crippen molar-refractivity contribution in [3.63, 3.8) is 0 Å². The number of hydrogen-bond donors (Lipinski definition) is 2. The highest BCUT2D eigenvalue weighted by molar-refractivity contribution is 5.14. The first kappa shape index (κ1) is 21.1. The summed E-state index contributed by atoms with van der Waals surface area (Å²) in [6.07, 6.45) is 12.0. The lowest BCUT2D eigenvalue weighted by Gasteiger charge is -2.23. The zero-order valence-electron chi connectivity index (χ0n) is 15.5. The fraction of sp³-hybridized carbons (Fsp3) is 0.714. The smallest absolute Gasteiger partial charge is 0.164 e. The van der Waals surface area contributed by atoms with Gasteiger partial charge in [-0.3, -0.25) is 4.90 Å². The molecule has 0 saturated heterocycles. The topological polar surface area (TPSA) is 43.7 Å². The zero-order chi connectivity index (χ0) is 17.5. The molecule has 138 valence electrons. The van der Waals surface area contributed by atoms with Crippen LogP contribution in [0, 0.1) is 0 Å². The predicted octanol–water partition coefficient (Wildman–Crippen LogP) is 4.72. The molecule has 1 rings (SSSR count). The molecule has 1 aromatic carbocycles. The van der Waals surface area contributed by atoms with Gasteiger partial charge in [-0.05, 0) is 18.5 Å². The van der Waals surface area contributed by atoms with E-state index >= 15 is 0 Å². The molecule has 0 atom stereocenters. The third kappa shape index (κ3) is 11.6. The van der Waals surface area contributed by atoms with Crippen molar-refractivity contribution in [1.29, 1.82) is 0 Å². The van der Waals surface area contributed by atoms with E-state index in [2.05, 4.69) is 24.0 Å². The highest BCUT2D eigenvalue weighted by Gasteiger charge is 2.09. The third-order valence-corrected chi connectivity index (χ3v) is 4.50. The second kappa shape index (κ2) is 14.4. The van der Waals surface area contributed by atoms with Crippen LogP contribution in [0.25, 0.3) is 0 Å². The molecule has 0 aliphatic carbocycles. The Morgan fingerprint density at radius 3 is 1.88 bits per heavy atom. The summed E-state index contributed by atoms with van der Waals surface area (Å²) in [6.45, 7) is 4.31. The first-order valence-electron chi connectivity index (χ1n) is 9.84. The highest BCUT2D eigenvalue weighted by Crippen LogP contribution is 2.12. The van der Waals surface area contributed by atoms with Gasteiger partial charge in [0.05, 0.1) is 0 Å². The first-order valence-corrected chi connectivity index (χ1v) is 9.84. The third-order valence-electron chi connectivity index (χ3n) is 4.50. The molecule has 0 bridgehead atoms. The Bertz CT molecular complexity index is 381. The molecule has 1 aromatic rings. The molecule has 2 N–H and O–H groups in total. The van der Waals surface area contributed by atoms with E-state index in [-0.39, 0.29) is 0 Å². The molecule has 0 unspecified atom stereocenters. The van der Waals surface area contributed by atoms with Gasteiger partial charge in [0.15, 0.2) is 6.29 Å². The van der Waals surface area contributed by atoms with Crippen LogP contribution in [-0.4, -0.2) is 34.5 Å². The van der Waals surface area contributed by atoms with Crippen molar-refractivity contribution >= 4 is 0 Å². The summed E-state index contributed by atoms with van der Waals surface area (Å²) in [7, 11) is 0. The molecule has 0 aliphatic rings. The van der Waals surface area contributed by atoms with Crippen molar-refractivity contribution in [3.05, 3.63) is 35.9 Å². The van der Waals surface area contributed by atoms with Gasteiger partial charge in [0.25, 0.3) is 0 Å². The molecule has 0 heterocycles. The van der Waals surface area contributed by atoms with E-state index in [1.807, 2.05) is 18.2 Å². The van der Waals surface area contributed by atoms with Crippen LogP contribution in [0.1, 0.15) is 76.7 Å². The molecule has 0 aliphatic heterocycles. The van der Waals surface area contributed by atoms with Gasteiger partial charge in [-0.25, -0.2) is 0 Å². The Labute approximate surface area is 148 Å². The standard InChI is InChI=1S/C21H37NO2/c1-2-3-4-5-6-7-8-9-10-14-17-22(19-21(23)24)18-20-15-12-11-13-16-20/h11-13,15-16,21,23-24H,2-10,14,17-19H2,1H3. The fourth-order valence-electron chi connectivity index (χ4n) is 3.13. The van der Waals surface area contributed by atoms with Crippen LogP contribution >= 0.6 is 0 Å². The van der Waals surface area contributed by atoms with E-state index in [4.69, 9.17) is 0 Å². The fourth-order valence-corrected chi connectivity index (χ4v) is 3.13. The summed E-state index contributed by atoms with van der Waals surface area (Å²) in [4.78, 5) is 2.14. The second-order valence-electron chi connectivity index (χ2n) is 6.88. The molecule has 3 nitrogen and oxygen atoms in total. The van der Waals surface area contributed by atoms with Crippen LogP contribution in [0.5, 0.6) is 0 Å². The normalized spacial score (nSPS) is 11.5. The molecule has 0 aromatic heterocycles. The predicted molar refractivity (Wildman–Crippen MR) is 102 cm³/mol. The van der Waals surface area contributed by atoms with Gasteiger partial charge in [-0.15, -0.1) is 0 Å². The highest BCUT2D eigenvalue weighted by atomic mass is 16.5. The number of aliphatic hydroxyl groups excluding tert-OH is 1. The van der Waals surface area contributed by atoms with Crippen molar-refractivity contribution in [2.24, 2.45) is 0 Å². The Balaban J connectivity index is 2.10. The minimum atomic E-state index is -1.25. The summed E-state index contributed by atoms with van der Waals surface area (Å²) in [6, 6.07) is 10.3. The molecule has 0 amide bonds. The van der Waals surface area contributed by atoms with Crippen molar-refractivity contribution in [2.75, 3.05) is 13.1 Å². The summed E-state index contributed by atoms with van der Waals surface area (Å²) < 4.78 is 0. The number of benzene rings is 1. The van der Waals surface area contributed by atoms with E-state index in [1.165, 1.54) is 63.4 Å². The molecule has 0 saturated carbocycles. The number of nitrogens with zero attached hydrogens (tertiary/aromatic N) is 1. The van der Waals surface area contributed by atoms with Crippen molar-refractivity contribution in [3.8, 4) is 0 Å². The molecule has 24 heavy (non-hydrogen) atoms. The lowest BCUT2D eigenvalue weighted by molar-refractivity contribution is -0.0628. The maximum Gasteiger partial charge on any atom is 0.164 e. The van der Waals surface area contributed by atoms with Gasteiger partial charge in [-0.1, -0.05) is 95.0 Å². The molecule has 0 spiro atoms. The van der Waals surface area contributed by atoms with Crippen LogP contribution in [0.15, 0.2) is 30.3 Å². The Morgan fingerprint density at radius 2 is 1.33 bits per heavy atom. The maximum absolute atomic E-state index is 9.28. The van der Waals surface area contributed by atoms with Crippen molar-refractivity contribution in [2.45, 2.75) is 84.0 Å². The number of unbranched alkanes of at least 4 members (excludes halogenated alkanes) is 9. The largest absolute Gasteiger partial charge is 0.367 e. The zero-order valence-corrected chi connectivity index (χ0v) is 15.5. The summed E-state index contributed by atoms with van der Waals surface area (Å²) in [5.41, 5.74) is 1.23. The average Bonchev–Trinajstić information content (AvgIpc) is 2.57. The quantitative estimate of drug-likeness (QED) is 0.360. The van der Waals surface area contributed by atoms with Gasteiger partial charge in [0, 0.05) is 13.1 Å². The Morgan fingerprint density at radius 1 is 0.792 bits per heavy atom. The molecule has 0 radical (unpaired) electrons.